The lowest BCUT2D eigenvalue weighted by atomic mass is 10.0. The molecule has 0 bridgehead atoms. The Hall–Kier alpha value is -2.37. The number of hydrogen-bond acceptors (Lipinski definition) is 4. The van der Waals surface area contributed by atoms with E-state index in [0.717, 1.165) is 0 Å². The third-order valence-electron chi connectivity index (χ3n) is 2.75. The van der Waals surface area contributed by atoms with Gasteiger partial charge in [0, 0.05) is 18.9 Å². The zero-order chi connectivity index (χ0) is 15.1. The van der Waals surface area contributed by atoms with Crippen LogP contribution in [0.2, 0.25) is 0 Å². The molecule has 0 heterocycles. The number of Topliss-reactive ketones (excluding diaryl/α,β-unsaturated/α-hetero) is 1. The van der Waals surface area contributed by atoms with Gasteiger partial charge in [-0.1, -0.05) is 0 Å². The van der Waals surface area contributed by atoms with Crippen LogP contribution in [-0.4, -0.2) is 35.9 Å². The Labute approximate surface area is 116 Å². The van der Waals surface area contributed by atoms with Crippen LogP contribution in [0.5, 0.6) is 5.75 Å². The molecule has 6 nitrogen and oxygen atoms in total. The van der Waals surface area contributed by atoms with Crippen molar-refractivity contribution in [3.8, 4) is 5.75 Å². The number of amides is 1. The molecule has 0 radical (unpaired) electrons. The van der Waals surface area contributed by atoms with Crippen LogP contribution in [0.15, 0.2) is 24.3 Å². The molecule has 6 heteroatoms. The van der Waals surface area contributed by atoms with Crippen molar-refractivity contribution in [2.24, 2.45) is 0 Å². The second-order valence-electron chi connectivity index (χ2n) is 4.28. The van der Waals surface area contributed by atoms with E-state index in [1.165, 1.54) is 14.0 Å². The first-order valence-corrected chi connectivity index (χ1v) is 6.11. The molecule has 0 fully saturated rings. The maximum absolute atomic E-state index is 11.9. The predicted octanol–water partition coefficient (Wildman–Crippen LogP) is 1.25. The van der Waals surface area contributed by atoms with Crippen molar-refractivity contribution in [1.82, 2.24) is 5.32 Å². The average Bonchev–Trinajstić information content (AvgIpc) is 2.42. The number of nitrogens with one attached hydrogen (secondary N) is 1. The summed E-state index contributed by atoms with van der Waals surface area (Å²) >= 11 is 0. The summed E-state index contributed by atoms with van der Waals surface area (Å²) in [6.45, 7) is 1.24. The molecule has 0 aromatic heterocycles. The number of carboxylic acid groups (broad SMARTS) is 1. The highest BCUT2D eigenvalue weighted by atomic mass is 16.5. The van der Waals surface area contributed by atoms with Gasteiger partial charge in [0.25, 0.3) is 0 Å². The Kier molecular flexibility index (Phi) is 5.71. The zero-order valence-electron chi connectivity index (χ0n) is 11.4. The summed E-state index contributed by atoms with van der Waals surface area (Å²) in [4.78, 5) is 33.7. The molecule has 0 aliphatic rings. The van der Waals surface area contributed by atoms with Crippen LogP contribution in [0.3, 0.4) is 0 Å². The number of carbonyl (C=O) groups excluding carboxylic acids is 2. The van der Waals surface area contributed by atoms with Crippen molar-refractivity contribution in [3.05, 3.63) is 29.8 Å². The maximum atomic E-state index is 11.9. The normalized spacial score (nSPS) is 11.5. The Morgan fingerprint density at radius 2 is 1.85 bits per heavy atom. The molecule has 1 aromatic rings. The highest BCUT2D eigenvalue weighted by Gasteiger charge is 2.19. The van der Waals surface area contributed by atoms with Crippen molar-refractivity contribution in [2.75, 3.05) is 7.11 Å². The molecule has 1 rings (SSSR count). The van der Waals surface area contributed by atoms with E-state index in [4.69, 9.17) is 9.84 Å². The molecule has 1 aromatic carbocycles. The van der Waals surface area contributed by atoms with Crippen LogP contribution in [0.25, 0.3) is 0 Å². The fraction of sp³-hybridized carbons (Fsp3) is 0.357. The van der Waals surface area contributed by atoms with Gasteiger partial charge in [0.05, 0.1) is 7.11 Å². The summed E-state index contributed by atoms with van der Waals surface area (Å²) in [5, 5.41) is 11.2. The molecule has 108 valence electrons. The van der Waals surface area contributed by atoms with Crippen LogP contribution in [-0.2, 0) is 9.59 Å². The van der Waals surface area contributed by atoms with Crippen LogP contribution in [0.4, 0.5) is 0 Å². The molecule has 0 saturated carbocycles. The van der Waals surface area contributed by atoms with Crippen LogP contribution >= 0.6 is 0 Å². The second-order valence-corrected chi connectivity index (χ2v) is 4.28. The minimum Gasteiger partial charge on any atom is -0.497 e. The number of carboxylic acids is 1. The van der Waals surface area contributed by atoms with E-state index in [0.29, 0.717) is 11.3 Å². The summed E-state index contributed by atoms with van der Waals surface area (Å²) in [6, 6.07) is 5.52. The van der Waals surface area contributed by atoms with Gasteiger partial charge in [-0.3, -0.25) is 9.59 Å². The van der Waals surface area contributed by atoms with E-state index >= 15 is 0 Å². The summed E-state index contributed by atoms with van der Waals surface area (Å²) in [7, 11) is 1.53. The number of carbonyl (C=O) groups is 3. The molecule has 20 heavy (non-hydrogen) atoms. The highest BCUT2D eigenvalue weighted by molar-refractivity contribution is 5.96. The smallest absolute Gasteiger partial charge is 0.326 e. The van der Waals surface area contributed by atoms with Crippen molar-refractivity contribution in [1.29, 1.82) is 0 Å². The van der Waals surface area contributed by atoms with Gasteiger partial charge in [-0.2, -0.15) is 0 Å². The molecule has 0 aliphatic heterocycles. The van der Waals surface area contributed by atoms with Crippen LogP contribution in [0.1, 0.15) is 30.1 Å². The summed E-state index contributed by atoms with van der Waals surface area (Å²) < 4.78 is 4.99. The Morgan fingerprint density at radius 3 is 2.30 bits per heavy atom. The molecule has 1 unspecified atom stereocenters. The quantitative estimate of drug-likeness (QED) is 0.733. The lowest BCUT2D eigenvalue weighted by Crippen LogP contribution is -2.39. The summed E-state index contributed by atoms with van der Waals surface area (Å²) in [5.74, 6) is -1.12. The Morgan fingerprint density at radius 1 is 1.25 bits per heavy atom. The topological polar surface area (TPSA) is 92.7 Å². The van der Waals surface area contributed by atoms with E-state index in [2.05, 4.69) is 5.32 Å². The standard InChI is InChI=1S/C14H17NO5/c1-9(16)15-12(14(18)19)7-8-13(17)10-3-5-11(20-2)6-4-10/h3-6,12H,7-8H2,1-2H3,(H,15,16)(H,18,19). The van der Waals surface area contributed by atoms with Gasteiger partial charge in [-0.15, -0.1) is 0 Å². The molecular formula is C14H17NO5. The van der Waals surface area contributed by atoms with Crippen molar-refractivity contribution < 1.29 is 24.2 Å². The van der Waals surface area contributed by atoms with E-state index in [1.807, 2.05) is 0 Å². The van der Waals surface area contributed by atoms with Gasteiger partial charge >= 0.3 is 5.97 Å². The number of ether oxygens (including phenoxy) is 1. The van der Waals surface area contributed by atoms with Gasteiger partial charge in [-0.05, 0) is 30.7 Å². The van der Waals surface area contributed by atoms with Crippen LogP contribution in [0, 0.1) is 0 Å². The third kappa shape index (κ3) is 4.72. The first-order valence-electron chi connectivity index (χ1n) is 6.11. The van der Waals surface area contributed by atoms with E-state index in [9.17, 15) is 14.4 Å². The van der Waals surface area contributed by atoms with Gasteiger partial charge in [0.15, 0.2) is 5.78 Å². The van der Waals surface area contributed by atoms with E-state index in [-0.39, 0.29) is 18.6 Å². The van der Waals surface area contributed by atoms with Gasteiger partial charge in [0.2, 0.25) is 5.91 Å². The van der Waals surface area contributed by atoms with E-state index in [1.54, 1.807) is 24.3 Å². The Bertz CT molecular complexity index is 495. The summed E-state index contributed by atoms with van der Waals surface area (Å²) in [5.41, 5.74) is 0.484. The molecule has 0 aliphatic carbocycles. The number of hydrogen-bond donors (Lipinski definition) is 2. The lowest BCUT2D eigenvalue weighted by molar-refractivity contribution is -0.141. The lowest BCUT2D eigenvalue weighted by Gasteiger charge is -2.12. The summed E-state index contributed by atoms with van der Waals surface area (Å²) in [6.07, 6.45) is 0.101. The average molecular weight is 279 g/mol. The number of aliphatic carboxylic acids is 1. The fourth-order valence-corrected chi connectivity index (χ4v) is 1.70. The first kappa shape index (κ1) is 15.7. The molecule has 2 N–H and O–H groups in total. The first-order chi connectivity index (χ1) is 9.43. The van der Waals surface area contributed by atoms with Crippen molar-refractivity contribution in [2.45, 2.75) is 25.8 Å². The van der Waals surface area contributed by atoms with E-state index < -0.39 is 17.9 Å². The van der Waals surface area contributed by atoms with Gasteiger partial charge in [0.1, 0.15) is 11.8 Å². The minimum absolute atomic E-state index is 0.0452. The molecular weight excluding hydrogens is 262 g/mol. The third-order valence-corrected chi connectivity index (χ3v) is 2.75. The van der Waals surface area contributed by atoms with Gasteiger partial charge in [-0.25, -0.2) is 4.79 Å². The monoisotopic (exact) mass is 279 g/mol. The van der Waals surface area contributed by atoms with Gasteiger partial charge < -0.3 is 15.2 Å². The number of rotatable bonds is 7. The second kappa shape index (κ2) is 7.28. The number of methoxy groups -OCH3 is 1. The van der Waals surface area contributed by atoms with Crippen molar-refractivity contribution in [3.63, 3.8) is 0 Å². The minimum atomic E-state index is -1.15. The largest absolute Gasteiger partial charge is 0.497 e. The predicted molar refractivity (Wildman–Crippen MR) is 71.8 cm³/mol. The Balaban J connectivity index is 2.60. The fourth-order valence-electron chi connectivity index (χ4n) is 1.70. The maximum Gasteiger partial charge on any atom is 0.326 e. The number of benzene rings is 1. The molecule has 0 spiro atoms. The molecule has 0 saturated heterocycles. The SMILES string of the molecule is COc1ccc(C(=O)CCC(NC(C)=O)C(=O)O)cc1. The highest BCUT2D eigenvalue weighted by Crippen LogP contribution is 2.14. The number of ketones is 1. The molecule has 1 amide bonds. The molecule has 1 atom stereocenters. The van der Waals surface area contributed by atoms with Crippen LogP contribution < -0.4 is 10.1 Å². The van der Waals surface area contributed by atoms with Crippen molar-refractivity contribution >= 4 is 17.7 Å². The zero-order valence-corrected chi connectivity index (χ0v) is 11.4.